The van der Waals surface area contributed by atoms with Gasteiger partial charge >= 0.3 is 0 Å². The molecule has 0 unspecified atom stereocenters. The Balaban J connectivity index is 1.71. The zero-order valence-electron chi connectivity index (χ0n) is 13.7. The molecule has 1 aliphatic heterocycles. The highest BCUT2D eigenvalue weighted by Crippen LogP contribution is 2.30. The van der Waals surface area contributed by atoms with Crippen LogP contribution in [0.5, 0.6) is 0 Å². The zero-order valence-corrected chi connectivity index (χ0v) is 15.2. The van der Waals surface area contributed by atoms with Crippen LogP contribution in [0, 0.1) is 5.92 Å². The van der Waals surface area contributed by atoms with E-state index in [1.54, 1.807) is 21.7 Å². The van der Waals surface area contributed by atoms with Crippen LogP contribution in [0.15, 0.2) is 30.6 Å². The molecular weight excluding hydrogens is 347 g/mol. The summed E-state index contributed by atoms with van der Waals surface area (Å²) in [5, 5.41) is 8.57. The first-order chi connectivity index (χ1) is 11.5. The van der Waals surface area contributed by atoms with Crippen LogP contribution in [-0.4, -0.2) is 40.7 Å². The summed E-state index contributed by atoms with van der Waals surface area (Å²) in [7, 11) is 3.71. The third-order valence-electron chi connectivity index (χ3n) is 4.46. The molecule has 1 aliphatic rings. The Hall–Kier alpha value is -1.56. The van der Waals surface area contributed by atoms with E-state index >= 15 is 0 Å². The third kappa shape index (κ3) is 3.58. The van der Waals surface area contributed by atoms with Crippen molar-refractivity contribution in [3.63, 3.8) is 0 Å². The number of hydrogen-bond donors (Lipinski definition) is 1. The van der Waals surface area contributed by atoms with Crippen molar-refractivity contribution in [2.45, 2.75) is 12.5 Å². The van der Waals surface area contributed by atoms with Gasteiger partial charge in [-0.1, -0.05) is 29.3 Å². The normalized spacial score (nSPS) is 20.3. The number of aromatic nitrogens is 2. The fraction of sp³-hybridized carbons (Fsp3) is 0.412. The summed E-state index contributed by atoms with van der Waals surface area (Å²) in [5.41, 5.74) is 2.06. The molecule has 1 N–H and O–H groups in total. The van der Waals surface area contributed by atoms with E-state index in [1.165, 1.54) is 0 Å². The molecule has 1 aromatic heterocycles. The Labute approximate surface area is 151 Å². The fourth-order valence-corrected chi connectivity index (χ4v) is 3.51. The summed E-state index contributed by atoms with van der Waals surface area (Å²) < 4.78 is 1.77. The lowest BCUT2D eigenvalue weighted by atomic mass is 9.90. The maximum atomic E-state index is 12.9. The minimum Gasteiger partial charge on any atom is -0.341 e. The predicted molar refractivity (Wildman–Crippen MR) is 95.2 cm³/mol. The maximum Gasteiger partial charge on any atom is 0.227 e. The van der Waals surface area contributed by atoms with Crippen LogP contribution in [0.25, 0.3) is 0 Å². The van der Waals surface area contributed by atoms with Gasteiger partial charge in [0.25, 0.3) is 0 Å². The van der Waals surface area contributed by atoms with Crippen molar-refractivity contribution < 1.29 is 4.79 Å². The molecule has 7 heteroatoms. The van der Waals surface area contributed by atoms with Crippen LogP contribution in [0.3, 0.4) is 0 Å². The summed E-state index contributed by atoms with van der Waals surface area (Å²) in [6.07, 6.45) is 3.83. The molecule has 5 nitrogen and oxygen atoms in total. The quantitative estimate of drug-likeness (QED) is 0.904. The summed E-state index contributed by atoms with van der Waals surface area (Å²) >= 11 is 12.0. The number of carbonyl (C=O) groups excluding carboxylic acids is 1. The van der Waals surface area contributed by atoms with Gasteiger partial charge in [0, 0.05) is 45.8 Å². The number of nitrogens with zero attached hydrogens (tertiary/aromatic N) is 3. The topological polar surface area (TPSA) is 50.2 Å². The highest BCUT2D eigenvalue weighted by atomic mass is 35.5. The first kappa shape index (κ1) is 17.3. The lowest BCUT2D eigenvalue weighted by Gasteiger charge is -2.24. The lowest BCUT2D eigenvalue weighted by molar-refractivity contribution is -0.134. The molecule has 2 heterocycles. The molecule has 1 aromatic carbocycles. The Bertz CT molecular complexity index is 746. The van der Waals surface area contributed by atoms with E-state index in [4.69, 9.17) is 23.2 Å². The van der Waals surface area contributed by atoms with Crippen LogP contribution in [0.4, 0.5) is 0 Å². The number of aryl methyl sites for hydroxylation is 1. The Kier molecular flexibility index (Phi) is 5.13. The van der Waals surface area contributed by atoms with E-state index in [0.29, 0.717) is 23.1 Å². The SMILES string of the molecule is CN(Cc1ccc(Cl)c(Cl)c1)C(=O)[C@H]1CNC[C@@H]1c1cnn(C)c1. The fourth-order valence-electron chi connectivity index (χ4n) is 3.19. The number of amides is 1. The van der Waals surface area contributed by atoms with Gasteiger partial charge < -0.3 is 10.2 Å². The van der Waals surface area contributed by atoms with E-state index in [9.17, 15) is 4.79 Å². The van der Waals surface area contributed by atoms with Crippen molar-refractivity contribution >= 4 is 29.1 Å². The molecule has 1 amide bonds. The second-order valence-electron chi connectivity index (χ2n) is 6.26. The van der Waals surface area contributed by atoms with E-state index in [0.717, 1.165) is 17.7 Å². The lowest BCUT2D eigenvalue weighted by Crippen LogP contribution is -2.35. The summed E-state index contributed by atoms with van der Waals surface area (Å²) in [6, 6.07) is 5.45. The van der Waals surface area contributed by atoms with Crippen molar-refractivity contribution in [3.05, 3.63) is 51.8 Å². The van der Waals surface area contributed by atoms with Gasteiger partial charge in [-0.2, -0.15) is 5.10 Å². The Morgan fingerprint density at radius 1 is 1.38 bits per heavy atom. The highest BCUT2D eigenvalue weighted by molar-refractivity contribution is 6.42. The first-order valence-corrected chi connectivity index (χ1v) is 8.59. The predicted octanol–water partition coefficient (Wildman–Crippen LogP) is 2.69. The Morgan fingerprint density at radius 3 is 2.83 bits per heavy atom. The molecule has 24 heavy (non-hydrogen) atoms. The highest BCUT2D eigenvalue weighted by Gasteiger charge is 2.36. The van der Waals surface area contributed by atoms with Crippen LogP contribution >= 0.6 is 23.2 Å². The van der Waals surface area contributed by atoms with E-state index in [2.05, 4.69) is 10.4 Å². The smallest absolute Gasteiger partial charge is 0.227 e. The number of benzene rings is 1. The average Bonchev–Trinajstić information content (AvgIpc) is 3.18. The molecule has 0 radical (unpaired) electrons. The molecule has 0 aliphatic carbocycles. The van der Waals surface area contributed by atoms with Gasteiger partial charge in [-0.3, -0.25) is 9.48 Å². The Morgan fingerprint density at radius 2 is 2.17 bits per heavy atom. The van der Waals surface area contributed by atoms with Gasteiger partial charge in [0.05, 0.1) is 22.2 Å². The minimum absolute atomic E-state index is 0.0815. The van der Waals surface area contributed by atoms with E-state index < -0.39 is 0 Å². The van der Waals surface area contributed by atoms with Gasteiger partial charge in [0.15, 0.2) is 0 Å². The average molecular weight is 367 g/mol. The molecule has 3 rings (SSSR count). The largest absolute Gasteiger partial charge is 0.341 e. The molecule has 0 spiro atoms. The first-order valence-electron chi connectivity index (χ1n) is 7.84. The maximum absolute atomic E-state index is 12.9. The van der Waals surface area contributed by atoms with Crippen LogP contribution in [0.2, 0.25) is 10.0 Å². The van der Waals surface area contributed by atoms with Gasteiger partial charge in [0.2, 0.25) is 5.91 Å². The molecule has 0 saturated carbocycles. The molecule has 1 saturated heterocycles. The van der Waals surface area contributed by atoms with Gasteiger partial charge in [0.1, 0.15) is 0 Å². The van der Waals surface area contributed by atoms with Crippen molar-refractivity contribution in [1.29, 1.82) is 0 Å². The number of rotatable bonds is 4. The van der Waals surface area contributed by atoms with Crippen molar-refractivity contribution in [3.8, 4) is 0 Å². The van der Waals surface area contributed by atoms with E-state index in [1.807, 2.05) is 32.6 Å². The molecule has 0 bridgehead atoms. The van der Waals surface area contributed by atoms with Crippen molar-refractivity contribution in [2.24, 2.45) is 13.0 Å². The second-order valence-corrected chi connectivity index (χ2v) is 7.08. The molecular formula is C17H20Cl2N4O. The van der Waals surface area contributed by atoms with Crippen LogP contribution in [0.1, 0.15) is 17.0 Å². The van der Waals surface area contributed by atoms with Crippen LogP contribution < -0.4 is 5.32 Å². The number of carbonyl (C=O) groups is 1. The summed E-state index contributed by atoms with van der Waals surface area (Å²) in [4.78, 5) is 14.6. The monoisotopic (exact) mass is 366 g/mol. The standard InChI is InChI=1S/C17H20Cl2N4O/c1-22(9-11-3-4-15(18)16(19)5-11)17(24)14-8-20-7-13(14)12-6-21-23(2)10-12/h3-6,10,13-14,20H,7-9H2,1-2H3/t13-,14+/m1/s1. The summed E-state index contributed by atoms with van der Waals surface area (Å²) in [5.74, 6) is 0.198. The van der Waals surface area contributed by atoms with Gasteiger partial charge in [-0.25, -0.2) is 0 Å². The second kappa shape index (κ2) is 7.13. The number of hydrogen-bond acceptors (Lipinski definition) is 3. The van der Waals surface area contributed by atoms with Crippen molar-refractivity contribution in [1.82, 2.24) is 20.0 Å². The van der Waals surface area contributed by atoms with Gasteiger partial charge in [-0.05, 0) is 23.3 Å². The van der Waals surface area contributed by atoms with E-state index in [-0.39, 0.29) is 17.7 Å². The number of nitrogens with one attached hydrogen (secondary N) is 1. The minimum atomic E-state index is -0.0815. The van der Waals surface area contributed by atoms with Crippen LogP contribution in [-0.2, 0) is 18.4 Å². The zero-order chi connectivity index (χ0) is 17.3. The molecule has 2 aromatic rings. The van der Waals surface area contributed by atoms with Crippen molar-refractivity contribution in [2.75, 3.05) is 20.1 Å². The molecule has 128 valence electrons. The number of halogens is 2. The van der Waals surface area contributed by atoms with Gasteiger partial charge in [-0.15, -0.1) is 0 Å². The molecule has 2 atom stereocenters. The third-order valence-corrected chi connectivity index (χ3v) is 5.20. The molecule has 1 fully saturated rings. The summed E-state index contributed by atoms with van der Waals surface area (Å²) in [6.45, 7) is 1.98.